The third-order valence-corrected chi connectivity index (χ3v) is 3.32. The van der Waals surface area contributed by atoms with Crippen LogP contribution in [0.5, 0.6) is 0 Å². The first kappa shape index (κ1) is 14.7. The lowest BCUT2D eigenvalue weighted by Crippen LogP contribution is -2.40. The standard InChI is InChI=1S/C15H23NO2/c1-4-11(2)14(13-8-6-5-7-9-13)15(18)16-12(3)10-17/h5-9,11-12,14,17H,4,10H2,1-3H3,(H,16,18)/t11?,12-,14?/m1/s1. The first-order valence-corrected chi connectivity index (χ1v) is 6.56. The van der Waals surface area contributed by atoms with Gasteiger partial charge >= 0.3 is 0 Å². The van der Waals surface area contributed by atoms with Crippen LogP contribution in [0.2, 0.25) is 0 Å². The molecule has 3 heteroatoms. The second kappa shape index (κ2) is 7.17. The molecule has 0 aliphatic rings. The maximum absolute atomic E-state index is 12.3. The minimum atomic E-state index is -0.201. The van der Waals surface area contributed by atoms with Crippen LogP contribution in [-0.4, -0.2) is 23.7 Å². The van der Waals surface area contributed by atoms with Crippen LogP contribution in [-0.2, 0) is 4.79 Å². The molecule has 18 heavy (non-hydrogen) atoms. The highest BCUT2D eigenvalue weighted by Gasteiger charge is 2.26. The molecule has 2 unspecified atom stereocenters. The molecule has 0 spiro atoms. The Labute approximate surface area is 109 Å². The molecule has 100 valence electrons. The van der Waals surface area contributed by atoms with Gasteiger partial charge in [-0.3, -0.25) is 4.79 Å². The molecular formula is C15H23NO2. The van der Waals surface area contributed by atoms with Gasteiger partial charge in [0, 0.05) is 6.04 Å². The largest absolute Gasteiger partial charge is 0.394 e. The molecule has 0 heterocycles. The molecule has 3 atom stereocenters. The van der Waals surface area contributed by atoms with Crippen LogP contribution in [0.1, 0.15) is 38.7 Å². The molecule has 1 aromatic rings. The maximum atomic E-state index is 12.3. The number of rotatable bonds is 6. The van der Waals surface area contributed by atoms with Gasteiger partial charge in [0.1, 0.15) is 0 Å². The number of carbonyl (C=O) groups excluding carboxylic acids is 1. The smallest absolute Gasteiger partial charge is 0.228 e. The SMILES string of the molecule is CCC(C)C(C(=O)N[C@H](C)CO)c1ccccc1. The zero-order chi connectivity index (χ0) is 13.5. The van der Waals surface area contributed by atoms with Crippen molar-refractivity contribution in [2.75, 3.05) is 6.61 Å². The second-order valence-electron chi connectivity index (χ2n) is 4.87. The van der Waals surface area contributed by atoms with Crippen LogP contribution in [0.4, 0.5) is 0 Å². The van der Waals surface area contributed by atoms with E-state index in [1.807, 2.05) is 30.3 Å². The van der Waals surface area contributed by atoms with Crippen molar-refractivity contribution in [1.82, 2.24) is 5.32 Å². The first-order chi connectivity index (χ1) is 8.60. The predicted octanol–water partition coefficient (Wildman–Crippen LogP) is 2.31. The summed E-state index contributed by atoms with van der Waals surface area (Å²) in [7, 11) is 0. The minimum Gasteiger partial charge on any atom is -0.394 e. The van der Waals surface area contributed by atoms with Crippen LogP contribution in [0.25, 0.3) is 0 Å². The summed E-state index contributed by atoms with van der Waals surface area (Å²) in [5, 5.41) is 11.9. The first-order valence-electron chi connectivity index (χ1n) is 6.56. The Kier molecular flexibility index (Phi) is 5.86. The molecule has 1 rings (SSSR count). The average molecular weight is 249 g/mol. The minimum absolute atomic E-state index is 0.00269. The Bertz CT molecular complexity index is 364. The number of benzene rings is 1. The zero-order valence-electron chi connectivity index (χ0n) is 11.4. The molecule has 0 fully saturated rings. The Hall–Kier alpha value is -1.35. The Morgan fingerprint density at radius 3 is 2.39 bits per heavy atom. The van der Waals surface area contributed by atoms with Gasteiger partial charge in [-0.1, -0.05) is 50.6 Å². The van der Waals surface area contributed by atoms with E-state index in [0.717, 1.165) is 12.0 Å². The molecule has 0 aliphatic heterocycles. The van der Waals surface area contributed by atoms with E-state index in [4.69, 9.17) is 5.11 Å². The van der Waals surface area contributed by atoms with Gasteiger partial charge in [-0.25, -0.2) is 0 Å². The van der Waals surface area contributed by atoms with Crippen LogP contribution in [0, 0.1) is 5.92 Å². The summed E-state index contributed by atoms with van der Waals surface area (Å²) in [6.07, 6.45) is 0.945. The molecule has 1 amide bonds. The molecular weight excluding hydrogens is 226 g/mol. The van der Waals surface area contributed by atoms with Crippen LogP contribution in [0.15, 0.2) is 30.3 Å². The fourth-order valence-electron chi connectivity index (χ4n) is 2.01. The Morgan fingerprint density at radius 2 is 1.89 bits per heavy atom. The van der Waals surface area contributed by atoms with Crippen LogP contribution in [0.3, 0.4) is 0 Å². The highest BCUT2D eigenvalue weighted by molar-refractivity contribution is 5.84. The lowest BCUT2D eigenvalue weighted by Gasteiger charge is -2.24. The van der Waals surface area contributed by atoms with E-state index in [2.05, 4.69) is 19.2 Å². The third kappa shape index (κ3) is 3.84. The Balaban J connectivity index is 2.89. The van der Waals surface area contributed by atoms with E-state index in [-0.39, 0.29) is 30.4 Å². The van der Waals surface area contributed by atoms with Gasteiger partial charge in [0.15, 0.2) is 0 Å². The highest BCUT2D eigenvalue weighted by Crippen LogP contribution is 2.27. The van der Waals surface area contributed by atoms with Crippen molar-refractivity contribution in [3.8, 4) is 0 Å². The number of amides is 1. The molecule has 0 aliphatic carbocycles. The summed E-state index contributed by atoms with van der Waals surface area (Å²) >= 11 is 0. The van der Waals surface area contributed by atoms with E-state index >= 15 is 0 Å². The summed E-state index contributed by atoms with van der Waals surface area (Å²) < 4.78 is 0. The van der Waals surface area contributed by atoms with Crippen LogP contribution >= 0.6 is 0 Å². The van der Waals surface area contributed by atoms with Crippen molar-refractivity contribution < 1.29 is 9.90 Å². The number of carbonyl (C=O) groups is 1. The second-order valence-corrected chi connectivity index (χ2v) is 4.87. The monoisotopic (exact) mass is 249 g/mol. The van der Waals surface area contributed by atoms with Gasteiger partial charge in [-0.15, -0.1) is 0 Å². The van der Waals surface area contributed by atoms with E-state index in [1.54, 1.807) is 6.92 Å². The summed E-state index contributed by atoms with van der Waals surface area (Å²) in [5.41, 5.74) is 1.04. The quantitative estimate of drug-likeness (QED) is 0.813. The van der Waals surface area contributed by atoms with Crippen molar-refractivity contribution in [3.63, 3.8) is 0 Å². The topological polar surface area (TPSA) is 49.3 Å². The average Bonchev–Trinajstić information content (AvgIpc) is 2.39. The molecule has 2 N–H and O–H groups in total. The number of aliphatic hydroxyl groups excluding tert-OH is 1. The number of hydrogen-bond acceptors (Lipinski definition) is 2. The molecule has 0 saturated heterocycles. The zero-order valence-corrected chi connectivity index (χ0v) is 11.4. The summed E-state index contributed by atoms with van der Waals surface area (Å²) in [5.74, 6) is 0.126. The third-order valence-electron chi connectivity index (χ3n) is 3.32. The maximum Gasteiger partial charge on any atom is 0.228 e. The van der Waals surface area contributed by atoms with Gasteiger partial charge in [-0.2, -0.15) is 0 Å². The fourth-order valence-corrected chi connectivity index (χ4v) is 2.01. The summed E-state index contributed by atoms with van der Waals surface area (Å²) in [4.78, 5) is 12.3. The van der Waals surface area contributed by atoms with Crippen molar-refractivity contribution in [3.05, 3.63) is 35.9 Å². The molecule has 1 aromatic carbocycles. The van der Waals surface area contributed by atoms with Crippen LogP contribution < -0.4 is 5.32 Å². The summed E-state index contributed by atoms with van der Waals surface area (Å²) in [6, 6.07) is 9.62. The molecule has 0 radical (unpaired) electrons. The van der Waals surface area contributed by atoms with E-state index in [0.29, 0.717) is 0 Å². The van der Waals surface area contributed by atoms with Gasteiger partial charge in [0.05, 0.1) is 12.5 Å². The highest BCUT2D eigenvalue weighted by atomic mass is 16.3. The lowest BCUT2D eigenvalue weighted by atomic mass is 9.84. The van der Waals surface area contributed by atoms with Crippen molar-refractivity contribution >= 4 is 5.91 Å². The Morgan fingerprint density at radius 1 is 1.28 bits per heavy atom. The fraction of sp³-hybridized carbons (Fsp3) is 0.533. The van der Waals surface area contributed by atoms with Gasteiger partial charge < -0.3 is 10.4 Å². The van der Waals surface area contributed by atoms with Gasteiger partial charge in [0.2, 0.25) is 5.91 Å². The molecule has 3 nitrogen and oxygen atoms in total. The normalized spacial score (nSPS) is 15.8. The molecule has 0 aromatic heterocycles. The molecule has 0 bridgehead atoms. The molecule has 0 saturated carbocycles. The van der Waals surface area contributed by atoms with Gasteiger partial charge in [0.25, 0.3) is 0 Å². The van der Waals surface area contributed by atoms with E-state index in [9.17, 15) is 4.79 Å². The number of hydrogen-bond donors (Lipinski definition) is 2. The van der Waals surface area contributed by atoms with E-state index < -0.39 is 0 Å². The summed E-state index contributed by atoms with van der Waals surface area (Å²) in [6.45, 7) is 5.94. The lowest BCUT2D eigenvalue weighted by molar-refractivity contribution is -0.124. The number of nitrogens with one attached hydrogen (secondary N) is 1. The van der Waals surface area contributed by atoms with E-state index in [1.165, 1.54) is 0 Å². The van der Waals surface area contributed by atoms with Crippen molar-refractivity contribution in [2.45, 2.75) is 39.2 Å². The van der Waals surface area contributed by atoms with Crippen molar-refractivity contribution in [2.24, 2.45) is 5.92 Å². The van der Waals surface area contributed by atoms with Crippen molar-refractivity contribution in [1.29, 1.82) is 0 Å². The predicted molar refractivity (Wildman–Crippen MR) is 73.3 cm³/mol. The number of aliphatic hydroxyl groups is 1. The van der Waals surface area contributed by atoms with Gasteiger partial charge in [-0.05, 0) is 18.4 Å².